The van der Waals surface area contributed by atoms with Gasteiger partial charge < -0.3 is 15.0 Å². The maximum absolute atomic E-state index is 13.8. The van der Waals surface area contributed by atoms with Gasteiger partial charge in [-0.25, -0.2) is 0 Å². The van der Waals surface area contributed by atoms with Crippen molar-refractivity contribution < 1.29 is 23.1 Å². The molecular weight excluding hydrogens is 414 g/mol. The van der Waals surface area contributed by atoms with Crippen LogP contribution < -0.4 is 10.1 Å². The number of aryl methyl sites for hydroxylation is 1. The number of carbonyl (C=O) groups excluding carboxylic acids is 2. The molecule has 32 heavy (non-hydrogen) atoms. The minimum atomic E-state index is -3.00. The van der Waals surface area contributed by atoms with Crippen LogP contribution in [0, 0.1) is 6.92 Å². The number of hydrogen-bond acceptors (Lipinski definition) is 3. The number of alkyl halides is 2. The van der Waals surface area contributed by atoms with Gasteiger partial charge in [0.05, 0.1) is 11.1 Å². The molecule has 1 saturated heterocycles. The van der Waals surface area contributed by atoms with E-state index in [2.05, 4.69) is 10.1 Å². The number of likely N-dealkylation sites (tertiary alicyclic amines) is 1. The van der Waals surface area contributed by atoms with Crippen molar-refractivity contribution in [3.05, 3.63) is 59.7 Å². The van der Waals surface area contributed by atoms with Crippen LogP contribution in [0.2, 0.25) is 0 Å². The smallest absolute Gasteiger partial charge is 0.387 e. The average molecular weight is 443 g/mol. The molecule has 2 aromatic carbocycles. The van der Waals surface area contributed by atoms with Crippen LogP contribution in [0.25, 0.3) is 0 Å². The molecule has 170 valence electrons. The second kappa shape index (κ2) is 8.52. The number of amides is 2. The fourth-order valence-corrected chi connectivity index (χ4v) is 4.98. The van der Waals surface area contributed by atoms with E-state index in [1.165, 1.54) is 6.07 Å². The Morgan fingerprint density at radius 2 is 1.72 bits per heavy atom. The van der Waals surface area contributed by atoms with E-state index >= 15 is 0 Å². The number of ether oxygens (including phenoxy) is 1. The molecule has 0 radical (unpaired) electrons. The summed E-state index contributed by atoms with van der Waals surface area (Å²) in [6, 6.07) is 14.5. The fraction of sp³-hybridized carbons (Fsp3) is 0.440. The minimum absolute atomic E-state index is 0.0288. The fourth-order valence-electron chi connectivity index (χ4n) is 4.98. The quantitative estimate of drug-likeness (QED) is 0.682. The van der Waals surface area contributed by atoms with E-state index in [1.54, 1.807) is 30.9 Å². The number of para-hydroxylation sites is 1. The Hall–Kier alpha value is -2.96. The Bertz CT molecular complexity index is 1010. The third-order valence-corrected chi connectivity index (χ3v) is 7.03. The number of nitrogens with zero attached hydrogens (tertiary/aromatic N) is 1. The monoisotopic (exact) mass is 442 g/mol. The topological polar surface area (TPSA) is 58.6 Å². The summed E-state index contributed by atoms with van der Waals surface area (Å²) in [4.78, 5) is 28.8. The zero-order valence-electron chi connectivity index (χ0n) is 18.4. The zero-order chi connectivity index (χ0) is 22.9. The first kappa shape index (κ1) is 22.2. The van der Waals surface area contributed by atoms with Crippen molar-refractivity contribution in [2.75, 3.05) is 11.9 Å². The molecule has 4 rings (SSSR count). The van der Waals surface area contributed by atoms with E-state index in [4.69, 9.17) is 0 Å². The largest absolute Gasteiger partial charge is 0.433 e. The Morgan fingerprint density at radius 3 is 2.31 bits per heavy atom. The Labute approximate surface area is 186 Å². The van der Waals surface area contributed by atoms with Crippen molar-refractivity contribution in [2.24, 2.45) is 0 Å². The van der Waals surface area contributed by atoms with Crippen LogP contribution in [0.15, 0.2) is 48.5 Å². The zero-order valence-corrected chi connectivity index (χ0v) is 18.4. The first-order valence-corrected chi connectivity index (χ1v) is 11.0. The van der Waals surface area contributed by atoms with Gasteiger partial charge in [-0.1, -0.05) is 55.3 Å². The van der Waals surface area contributed by atoms with Crippen LogP contribution in [-0.2, 0) is 15.0 Å². The van der Waals surface area contributed by atoms with Gasteiger partial charge in [0.1, 0.15) is 11.3 Å². The second-order valence-corrected chi connectivity index (χ2v) is 8.92. The molecule has 0 spiro atoms. The van der Waals surface area contributed by atoms with Crippen molar-refractivity contribution in [3.8, 4) is 5.75 Å². The maximum Gasteiger partial charge on any atom is 0.387 e. The second-order valence-electron chi connectivity index (χ2n) is 8.92. The van der Waals surface area contributed by atoms with Gasteiger partial charge in [0.25, 0.3) is 0 Å². The molecule has 1 aliphatic heterocycles. The summed E-state index contributed by atoms with van der Waals surface area (Å²) in [6.07, 6.45) is 3.96. The minimum Gasteiger partial charge on any atom is -0.433 e. The molecule has 0 bridgehead atoms. The van der Waals surface area contributed by atoms with Crippen LogP contribution in [0.3, 0.4) is 0 Å². The highest BCUT2D eigenvalue weighted by atomic mass is 19.3. The Morgan fingerprint density at radius 1 is 1.03 bits per heavy atom. The third kappa shape index (κ3) is 3.74. The number of anilines is 1. The molecule has 1 heterocycles. The lowest BCUT2D eigenvalue weighted by Crippen LogP contribution is -2.69. The molecule has 1 atom stereocenters. The summed E-state index contributed by atoms with van der Waals surface area (Å²) in [5.74, 6) is -0.517. The van der Waals surface area contributed by atoms with E-state index < -0.39 is 23.5 Å². The molecule has 2 fully saturated rings. The van der Waals surface area contributed by atoms with Gasteiger partial charge in [-0.2, -0.15) is 8.78 Å². The normalized spacial score (nSPS) is 21.8. The van der Waals surface area contributed by atoms with Crippen molar-refractivity contribution in [3.63, 3.8) is 0 Å². The lowest BCUT2D eigenvalue weighted by Gasteiger charge is -2.52. The highest BCUT2D eigenvalue weighted by Gasteiger charge is 2.55. The predicted molar refractivity (Wildman–Crippen MR) is 118 cm³/mol. The number of hydrogen-bond donors (Lipinski definition) is 1. The van der Waals surface area contributed by atoms with Crippen LogP contribution >= 0.6 is 0 Å². The van der Waals surface area contributed by atoms with Crippen LogP contribution in [-0.4, -0.2) is 35.4 Å². The van der Waals surface area contributed by atoms with Gasteiger partial charge in [0.15, 0.2) is 0 Å². The number of nitrogens with one attached hydrogen (secondary N) is 1. The Balaban J connectivity index is 1.59. The van der Waals surface area contributed by atoms with Crippen molar-refractivity contribution in [1.82, 2.24) is 4.90 Å². The summed E-state index contributed by atoms with van der Waals surface area (Å²) in [6.45, 7) is 0.940. The van der Waals surface area contributed by atoms with E-state index in [-0.39, 0.29) is 17.3 Å². The van der Waals surface area contributed by atoms with Crippen molar-refractivity contribution >= 4 is 17.5 Å². The van der Waals surface area contributed by atoms with E-state index in [0.717, 1.165) is 31.2 Å². The molecule has 2 amide bonds. The molecule has 1 N–H and O–H groups in total. The Kier molecular flexibility index (Phi) is 5.93. The van der Waals surface area contributed by atoms with Crippen LogP contribution in [0.4, 0.5) is 14.5 Å². The number of benzene rings is 2. The number of halogens is 2. The molecule has 7 heteroatoms. The van der Waals surface area contributed by atoms with Crippen LogP contribution in [0.1, 0.15) is 50.2 Å². The van der Waals surface area contributed by atoms with Crippen LogP contribution in [0.5, 0.6) is 5.75 Å². The molecule has 1 aliphatic carbocycles. The van der Waals surface area contributed by atoms with Gasteiger partial charge in [-0.3, -0.25) is 9.59 Å². The highest BCUT2D eigenvalue weighted by molar-refractivity contribution is 6.04. The van der Waals surface area contributed by atoms with E-state index in [1.807, 2.05) is 30.3 Å². The molecule has 5 nitrogen and oxygen atoms in total. The van der Waals surface area contributed by atoms with Gasteiger partial charge in [0.2, 0.25) is 11.8 Å². The molecule has 0 aromatic heterocycles. The number of rotatable bonds is 6. The first-order valence-electron chi connectivity index (χ1n) is 11.0. The molecular formula is C25H28F2N2O3. The summed E-state index contributed by atoms with van der Waals surface area (Å²) in [5.41, 5.74) is 0.135. The van der Waals surface area contributed by atoms with Crippen molar-refractivity contribution in [1.29, 1.82) is 0 Å². The van der Waals surface area contributed by atoms with Gasteiger partial charge >= 0.3 is 6.61 Å². The SMILES string of the molecule is Cc1cccc(OC(F)F)c1NC(=O)C1(C)CCN1C(=O)C1(c2ccccc2)CCCC1. The highest BCUT2D eigenvalue weighted by Crippen LogP contribution is 2.46. The predicted octanol–water partition coefficient (Wildman–Crippen LogP) is 5.04. The molecule has 2 aliphatic rings. The van der Waals surface area contributed by atoms with Crippen molar-refractivity contribution in [2.45, 2.75) is 63.5 Å². The average Bonchev–Trinajstić information content (AvgIpc) is 3.26. The standard InChI is InChI=1S/C25H28F2N2O3/c1-17-9-8-12-19(32-23(26)27)20(17)28-21(30)24(2)15-16-29(24)22(31)25(13-6-7-14-25)18-10-4-3-5-11-18/h3-5,8-12,23H,6-7,13-16H2,1-2H3,(H,28,30). The lowest BCUT2D eigenvalue weighted by molar-refractivity contribution is -0.159. The van der Waals surface area contributed by atoms with Gasteiger partial charge in [0, 0.05) is 6.54 Å². The summed E-state index contributed by atoms with van der Waals surface area (Å²) < 4.78 is 30.3. The molecule has 2 aromatic rings. The third-order valence-electron chi connectivity index (χ3n) is 7.03. The van der Waals surface area contributed by atoms with E-state index in [9.17, 15) is 18.4 Å². The van der Waals surface area contributed by atoms with E-state index in [0.29, 0.717) is 18.5 Å². The summed E-state index contributed by atoms with van der Waals surface area (Å²) in [7, 11) is 0. The molecule has 1 saturated carbocycles. The van der Waals surface area contributed by atoms with Gasteiger partial charge in [-0.05, 0) is 50.3 Å². The molecule has 1 unspecified atom stereocenters. The summed E-state index contributed by atoms with van der Waals surface area (Å²) >= 11 is 0. The number of carbonyl (C=O) groups is 2. The van der Waals surface area contributed by atoms with Gasteiger partial charge in [-0.15, -0.1) is 0 Å². The summed E-state index contributed by atoms with van der Waals surface area (Å²) in [5, 5.41) is 2.76. The first-order chi connectivity index (χ1) is 15.3. The lowest BCUT2D eigenvalue weighted by atomic mass is 9.74. The maximum atomic E-state index is 13.8.